The van der Waals surface area contributed by atoms with E-state index >= 15 is 0 Å². The number of carboxylic acids is 1. The van der Waals surface area contributed by atoms with Crippen molar-refractivity contribution in [2.24, 2.45) is 0 Å². The van der Waals surface area contributed by atoms with E-state index in [1.807, 2.05) is 0 Å². The van der Waals surface area contributed by atoms with Crippen LogP contribution in [0.5, 0.6) is 0 Å². The molecule has 17 N–H and O–H groups in total. The number of nitrogens with zero attached hydrogens (tertiary/aromatic N) is 12. The van der Waals surface area contributed by atoms with Crippen LogP contribution in [-0.4, -0.2) is 488 Å². The van der Waals surface area contributed by atoms with Gasteiger partial charge in [0.1, 0.15) is 85.1 Å². The first-order valence-electron chi connectivity index (χ1n) is 45.6. The first kappa shape index (κ1) is 99.4. The van der Waals surface area contributed by atoms with Gasteiger partial charge in [0.15, 0.2) is 0 Å². The predicted molar refractivity (Wildman–Crippen MR) is 452 cm³/mol. The Morgan fingerprint density at radius 2 is 0.496 bits per heavy atom. The molecule has 13 fully saturated rings. The van der Waals surface area contributed by atoms with Gasteiger partial charge in [-0.2, -0.15) is 12.6 Å². The summed E-state index contributed by atoms with van der Waals surface area (Å²) in [6, 6.07) is -16.5. The number of hydrogen-bond donors (Lipinski definition) is 18. The van der Waals surface area contributed by atoms with Gasteiger partial charge in [0.25, 0.3) is 0 Å². The lowest BCUT2D eigenvalue weighted by Gasteiger charge is -2.32. The number of likely N-dealkylation sites (tertiary alicyclic amines) is 12. The van der Waals surface area contributed by atoms with E-state index in [4.69, 9.17) is 5.11 Å². The number of amides is 20. The van der Waals surface area contributed by atoms with Crippen LogP contribution >= 0.6 is 12.6 Å². The van der Waals surface area contributed by atoms with Crippen LogP contribution in [0.4, 0.5) is 0 Å². The number of aliphatic carboxylic acids is 1. The normalized spacial score (nSPS) is 30.4. The fourth-order valence-electron chi connectivity index (χ4n) is 20.9. The van der Waals surface area contributed by atoms with Crippen molar-refractivity contribution in [1.82, 2.24) is 107 Å². The maximum Gasteiger partial charge on any atom is 0.322 e. The zero-order valence-electron chi connectivity index (χ0n) is 73.4. The molecule has 0 radical (unpaired) electrons. The van der Waals surface area contributed by atoms with Crippen LogP contribution in [-0.2, 0) is 101 Å². The van der Waals surface area contributed by atoms with Crippen molar-refractivity contribution in [2.45, 2.75) is 249 Å². The van der Waals surface area contributed by atoms with Gasteiger partial charge in [-0.05, 0) is 83.5 Å². The van der Waals surface area contributed by atoms with Crippen LogP contribution in [0.25, 0.3) is 0 Å². The molecule has 0 spiro atoms. The van der Waals surface area contributed by atoms with Gasteiger partial charge in [0, 0.05) is 129 Å². The quantitative estimate of drug-likeness (QED) is 0.0297. The second-order valence-electron chi connectivity index (χ2n) is 36.4. The lowest BCUT2D eigenvalue weighted by atomic mass is 10.1. The fraction of sp³-hybridized carbons (Fsp3) is 0.744. The second kappa shape index (κ2) is 43.5. The van der Waals surface area contributed by atoms with Crippen LogP contribution < -0.4 is 47.9 Å². The van der Waals surface area contributed by atoms with Gasteiger partial charge < -0.3 is 148 Å². The largest absolute Gasteiger partial charge is 0.480 e. The standard InChI is InChI=1S/C82H119N21O29S/c104-41-19-48(83-26-41)77(127)92-13-1-7-50(92)70(120)86-29-64(113)100-36-44(107)22-58(100)79(129)93-14-2-8-51(93)71(121)85-28-62(111)98-34-42(105)20-56(98)76(126)91-49(40-133)69(119)84-27-63(112)99-35-43(106)21-57(99)78(128)94-15-3-9-52(94)72(122)87-30-65(114)101-37-45(108)23-59(101)80(130)95-16-4-10-53(95)73(123)88-31-66(115)102-38-46(109)24-60(102)81(131)96-17-5-11-54(96)74(124)89-32-67(116)103-39-47(110)25-61(103)82(132)97-18-6-12-55(97)75(125)90-33-68(117)118/h41-61,83,104-110,133H,1-40H2,(H,84,119)(H,85,121)(H,86,120)(H,87,122)(H,88,123)(H,89,124)(H,90,125)(H,91,126)(H,117,118)/t41-,42-,43-,44-,45-,46-,47-,48+,49+,50+,51+,52+,53+,54+,55+,56+,57+,58+,59+,60+,61+/m1/s1. The summed E-state index contributed by atoms with van der Waals surface area (Å²) in [5.41, 5.74) is 0. The van der Waals surface area contributed by atoms with E-state index in [1.54, 1.807) is 0 Å². The minimum absolute atomic E-state index is 0.00340. The van der Waals surface area contributed by atoms with Crippen LogP contribution in [0.2, 0.25) is 0 Å². The maximum atomic E-state index is 14.5. The Bertz CT molecular complexity index is 4540. The summed E-state index contributed by atoms with van der Waals surface area (Å²) in [5, 5.41) is 106. The molecule has 0 aromatic heterocycles. The van der Waals surface area contributed by atoms with Gasteiger partial charge in [0.05, 0.1) is 88.0 Å². The lowest BCUT2D eigenvalue weighted by Crippen LogP contribution is -2.57. The first-order valence-corrected chi connectivity index (χ1v) is 46.2. The number of carbonyl (C=O) groups is 21. The number of carbonyl (C=O) groups excluding carboxylic acids is 20. The summed E-state index contributed by atoms with van der Waals surface area (Å²) in [5.74, 6) is -16.5. The Morgan fingerprint density at radius 3 is 0.729 bits per heavy atom. The summed E-state index contributed by atoms with van der Waals surface area (Å²) in [6.07, 6.45) is -5.84. The number of β-amino-alcohol motifs (C(OH)–C–C–N with tert-alkyl or cyclic N) is 7. The average Bonchev–Trinajstić information content (AvgIpc) is 1.66. The number of thiol groups is 1. The maximum absolute atomic E-state index is 14.5. The van der Waals surface area contributed by atoms with Crippen LogP contribution in [0.1, 0.15) is 122 Å². The molecule has 20 amide bonds. The molecule has 50 nitrogen and oxygen atoms in total. The third kappa shape index (κ3) is 22.6. The van der Waals surface area contributed by atoms with Crippen molar-refractivity contribution < 1.29 is 142 Å². The van der Waals surface area contributed by atoms with Gasteiger partial charge in [0.2, 0.25) is 118 Å². The van der Waals surface area contributed by atoms with Crippen molar-refractivity contribution in [3.05, 3.63) is 0 Å². The topological polar surface area (TPSA) is 667 Å². The Morgan fingerprint density at radius 1 is 0.271 bits per heavy atom. The molecule has 0 aromatic carbocycles. The van der Waals surface area contributed by atoms with Gasteiger partial charge in [-0.15, -0.1) is 0 Å². The number of carboxylic acid groups (broad SMARTS) is 1. The third-order valence-electron chi connectivity index (χ3n) is 27.5. The number of aliphatic hydroxyl groups excluding tert-OH is 7. The molecule has 21 atom stereocenters. The van der Waals surface area contributed by atoms with Crippen molar-refractivity contribution in [3.8, 4) is 0 Å². The Labute approximate surface area is 767 Å². The van der Waals surface area contributed by atoms with Crippen molar-refractivity contribution in [2.75, 3.05) is 137 Å². The molecule has 732 valence electrons. The van der Waals surface area contributed by atoms with Gasteiger partial charge in [-0.25, -0.2) is 0 Å². The highest BCUT2D eigenvalue weighted by Gasteiger charge is 2.53. The number of rotatable bonds is 30. The molecule has 13 aliphatic rings. The minimum atomic E-state index is -1.47. The van der Waals surface area contributed by atoms with Crippen molar-refractivity contribution in [1.29, 1.82) is 0 Å². The van der Waals surface area contributed by atoms with Gasteiger partial charge in [-0.3, -0.25) is 101 Å². The Kier molecular flexibility index (Phi) is 32.5. The molecule has 0 bridgehead atoms. The molecule has 13 heterocycles. The van der Waals surface area contributed by atoms with E-state index in [2.05, 4.69) is 60.5 Å². The molecular weight excluding hydrogens is 1780 g/mol. The molecule has 51 heteroatoms. The summed E-state index contributed by atoms with van der Waals surface area (Å²) in [6.45, 7) is -5.99. The van der Waals surface area contributed by atoms with E-state index in [1.165, 1.54) is 29.4 Å². The number of hydrogen-bond acceptors (Lipinski definition) is 30. The molecule has 133 heavy (non-hydrogen) atoms. The highest BCUT2D eigenvalue weighted by atomic mass is 32.1. The lowest BCUT2D eigenvalue weighted by molar-refractivity contribution is -0.148. The molecule has 13 rings (SSSR count). The number of aliphatic hydroxyl groups is 7. The molecule has 13 saturated heterocycles. The first-order chi connectivity index (χ1) is 63.4. The van der Waals surface area contributed by atoms with Crippen LogP contribution in [0.15, 0.2) is 0 Å². The molecule has 13 aliphatic heterocycles. The molecular formula is C82H119N21O29S. The summed E-state index contributed by atoms with van der Waals surface area (Å²) >= 11 is 4.23. The summed E-state index contributed by atoms with van der Waals surface area (Å²) < 4.78 is 0. The van der Waals surface area contributed by atoms with E-state index in [0.29, 0.717) is 45.1 Å². The molecule has 0 saturated carbocycles. The zero-order valence-corrected chi connectivity index (χ0v) is 74.3. The van der Waals surface area contributed by atoms with E-state index in [0.717, 1.165) is 29.4 Å². The Hall–Kier alpha value is -11.1. The smallest absolute Gasteiger partial charge is 0.322 e. The van der Waals surface area contributed by atoms with Crippen molar-refractivity contribution >= 4 is 137 Å². The van der Waals surface area contributed by atoms with Gasteiger partial charge in [-0.1, -0.05) is 0 Å². The van der Waals surface area contributed by atoms with Crippen LogP contribution in [0, 0.1) is 0 Å². The average molecular weight is 1900 g/mol. The van der Waals surface area contributed by atoms with Gasteiger partial charge >= 0.3 is 5.97 Å². The van der Waals surface area contributed by atoms with Crippen LogP contribution in [0.3, 0.4) is 0 Å². The summed E-state index contributed by atoms with van der Waals surface area (Å²) in [4.78, 5) is 302. The monoisotopic (exact) mass is 1890 g/mol. The predicted octanol–water partition coefficient (Wildman–Crippen LogP) is -14.3. The SMILES string of the molecule is O=C(O)CNC(=O)[C@@H]1CCCN1C(=O)[C@@H]1C[C@@H](O)CN1C(=O)CNC(=O)[C@@H]1CCCN1C(=O)[C@@H]1C[C@@H](O)CN1C(=O)CNC(=O)[C@@H]1CCCN1C(=O)[C@@H]1C[C@@H](O)CN1C(=O)CNC(=O)[C@@H]1CCCN1C(=O)[C@@H]1C[C@@H](O)CN1C(=O)CNC(=O)[C@H](CS)NC(=O)[C@@H]1C[C@@H](O)CN1C(=O)CNC(=O)[C@@H]1CCCN1C(=O)[C@@H]1C[C@@H](O)CN1C(=O)CNC(=O)[C@@H]1CCCN1C(=O)[C@@H]1C[C@@H](O)CN1. The Balaban J connectivity index is 0.531. The number of nitrogens with one attached hydrogen (secondary N) is 9. The van der Waals surface area contributed by atoms with Crippen molar-refractivity contribution in [3.63, 3.8) is 0 Å². The summed E-state index contributed by atoms with van der Waals surface area (Å²) in [7, 11) is 0. The highest BCUT2D eigenvalue weighted by Crippen LogP contribution is 2.34. The minimum Gasteiger partial charge on any atom is -0.480 e. The second-order valence-corrected chi connectivity index (χ2v) is 36.7. The molecule has 0 aromatic rings. The fourth-order valence-corrected chi connectivity index (χ4v) is 21.1. The van der Waals surface area contributed by atoms with E-state index in [-0.39, 0.29) is 174 Å². The van der Waals surface area contributed by atoms with E-state index in [9.17, 15) is 136 Å². The third-order valence-corrected chi connectivity index (χ3v) is 27.8. The van der Waals surface area contributed by atoms with E-state index < -0.39 is 291 Å². The molecule has 0 unspecified atom stereocenters. The molecule has 0 aliphatic carbocycles. The highest BCUT2D eigenvalue weighted by molar-refractivity contribution is 7.80. The zero-order chi connectivity index (χ0) is 95.8.